The molecular formula is C52H34N2O. The van der Waals surface area contributed by atoms with Crippen molar-refractivity contribution < 1.29 is 4.42 Å². The van der Waals surface area contributed by atoms with E-state index in [-0.39, 0.29) is 0 Å². The Kier molecular flexibility index (Phi) is 7.31. The van der Waals surface area contributed by atoms with Gasteiger partial charge in [-0.05, 0) is 68.6 Å². The van der Waals surface area contributed by atoms with E-state index in [1.165, 1.54) is 49.7 Å². The minimum Gasteiger partial charge on any atom is -0.455 e. The molecule has 1 aliphatic carbocycles. The molecule has 0 radical (unpaired) electrons. The molecule has 2 heterocycles. The molecule has 0 saturated carbocycles. The summed E-state index contributed by atoms with van der Waals surface area (Å²) in [6.07, 6.45) is 8.52. The fourth-order valence-corrected chi connectivity index (χ4v) is 8.43. The Morgan fingerprint density at radius 2 is 0.873 bits per heavy atom. The average molecular weight is 703 g/mol. The number of fused-ring (bicyclic) bond motifs is 9. The van der Waals surface area contributed by atoms with Gasteiger partial charge in [-0.1, -0.05) is 170 Å². The van der Waals surface area contributed by atoms with Gasteiger partial charge in [-0.15, -0.1) is 0 Å². The summed E-state index contributed by atoms with van der Waals surface area (Å²) >= 11 is 0. The van der Waals surface area contributed by atoms with Crippen LogP contribution in [0.2, 0.25) is 0 Å². The van der Waals surface area contributed by atoms with Crippen LogP contribution in [0.25, 0.3) is 99.2 Å². The molecule has 1 aliphatic rings. The number of benzene rings is 8. The van der Waals surface area contributed by atoms with Crippen molar-refractivity contribution in [2.75, 3.05) is 0 Å². The monoisotopic (exact) mass is 702 g/mol. The number of furan rings is 1. The van der Waals surface area contributed by atoms with E-state index in [1.807, 2.05) is 18.3 Å². The van der Waals surface area contributed by atoms with Crippen LogP contribution in [-0.2, 0) is 0 Å². The second-order valence-corrected chi connectivity index (χ2v) is 14.4. The topological polar surface area (TPSA) is 38.9 Å². The Morgan fingerprint density at radius 1 is 0.382 bits per heavy atom. The van der Waals surface area contributed by atoms with Crippen molar-refractivity contribution >= 4 is 65.7 Å². The number of hydrogen-bond acceptors (Lipinski definition) is 3. The first-order chi connectivity index (χ1) is 27.2. The van der Waals surface area contributed by atoms with Crippen LogP contribution in [0, 0.1) is 0 Å². The second kappa shape index (κ2) is 12.8. The van der Waals surface area contributed by atoms with Gasteiger partial charge in [0.2, 0.25) is 0 Å². The van der Waals surface area contributed by atoms with Crippen LogP contribution in [0.3, 0.4) is 0 Å². The molecule has 0 atom stereocenters. The van der Waals surface area contributed by atoms with Crippen molar-refractivity contribution in [1.82, 2.24) is 9.97 Å². The highest BCUT2D eigenvalue weighted by Crippen LogP contribution is 2.38. The maximum Gasteiger partial charge on any atom is 0.143 e. The van der Waals surface area contributed by atoms with E-state index in [9.17, 15) is 0 Å². The fraction of sp³-hybridized carbons (Fsp3) is 0.0385. The summed E-state index contributed by atoms with van der Waals surface area (Å²) in [7, 11) is 0. The first-order valence-electron chi connectivity index (χ1n) is 18.9. The van der Waals surface area contributed by atoms with E-state index in [0.717, 1.165) is 73.4 Å². The predicted octanol–water partition coefficient (Wildman–Crippen LogP) is 14.1. The fourth-order valence-electron chi connectivity index (χ4n) is 8.43. The number of nitrogens with zero attached hydrogens (tertiary/aromatic N) is 2. The maximum absolute atomic E-state index is 6.30. The zero-order chi connectivity index (χ0) is 36.3. The van der Waals surface area contributed by atoms with E-state index in [1.54, 1.807) is 0 Å². The van der Waals surface area contributed by atoms with Gasteiger partial charge in [0.1, 0.15) is 11.2 Å². The van der Waals surface area contributed by atoms with Crippen LogP contribution in [0.4, 0.5) is 0 Å². The normalized spacial score (nSPS) is 13.2. The van der Waals surface area contributed by atoms with Crippen LogP contribution in [0.15, 0.2) is 187 Å². The lowest BCUT2D eigenvalue weighted by atomic mass is 9.89. The molecule has 0 amide bonds. The molecular weight excluding hydrogens is 669 g/mol. The summed E-state index contributed by atoms with van der Waals surface area (Å²) in [6, 6.07) is 58.3. The molecule has 0 fully saturated rings. The van der Waals surface area contributed by atoms with Gasteiger partial charge >= 0.3 is 0 Å². The number of hydrogen-bond donors (Lipinski definition) is 0. The summed E-state index contributed by atoms with van der Waals surface area (Å²) in [6.45, 7) is 0. The van der Waals surface area contributed by atoms with E-state index >= 15 is 0 Å². The third-order valence-electron chi connectivity index (χ3n) is 11.3. The summed E-state index contributed by atoms with van der Waals surface area (Å²) in [5, 5.41) is 6.99. The highest BCUT2D eigenvalue weighted by molar-refractivity contribution is 6.23. The van der Waals surface area contributed by atoms with E-state index in [4.69, 9.17) is 14.4 Å². The zero-order valence-corrected chi connectivity index (χ0v) is 30.0. The van der Waals surface area contributed by atoms with Crippen molar-refractivity contribution in [2.45, 2.75) is 12.8 Å². The van der Waals surface area contributed by atoms with Gasteiger partial charge in [-0.2, -0.15) is 0 Å². The van der Waals surface area contributed by atoms with Crippen LogP contribution in [0.1, 0.15) is 24.0 Å². The van der Waals surface area contributed by atoms with Crippen LogP contribution < -0.4 is 0 Å². The first-order valence-corrected chi connectivity index (χ1v) is 18.9. The highest BCUT2D eigenvalue weighted by Gasteiger charge is 2.15. The van der Waals surface area contributed by atoms with Gasteiger partial charge < -0.3 is 4.42 Å². The smallest absolute Gasteiger partial charge is 0.143 e. The average Bonchev–Trinajstić information content (AvgIpc) is 3.66. The van der Waals surface area contributed by atoms with Gasteiger partial charge in [0.15, 0.2) is 0 Å². The molecule has 258 valence electrons. The molecule has 0 saturated heterocycles. The Hall–Kier alpha value is -7.10. The molecule has 10 aromatic rings. The third-order valence-corrected chi connectivity index (χ3v) is 11.3. The van der Waals surface area contributed by atoms with Gasteiger partial charge in [0, 0.05) is 32.7 Å². The Labute approximate surface area is 318 Å². The molecule has 2 aromatic heterocycles. The second-order valence-electron chi connectivity index (χ2n) is 14.4. The Balaban J connectivity index is 0.818. The lowest BCUT2D eigenvalue weighted by molar-refractivity contribution is 0.670. The summed E-state index contributed by atoms with van der Waals surface area (Å²) in [5.74, 6) is 0. The van der Waals surface area contributed by atoms with Crippen molar-refractivity contribution in [3.63, 3.8) is 0 Å². The highest BCUT2D eigenvalue weighted by atomic mass is 16.3. The largest absolute Gasteiger partial charge is 0.455 e. The molecule has 55 heavy (non-hydrogen) atoms. The number of allylic oxidation sites excluding steroid dienone is 4. The van der Waals surface area contributed by atoms with E-state index in [2.05, 4.69) is 164 Å². The van der Waals surface area contributed by atoms with Crippen molar-refractivity contribution in [2.24, 2.45) is 0 Å². The van der Waals surface area contributed by atoms with Gasteiger partial charge in [-0.25, -0.2) is 4.98 Å². The number of aromatic nitrogens is 2. The van der Waals surface area contributed by atoms with Crippen molar-refractivity contribution in [3.05, 3.63) is 193 Å². The van der Waals surface area contributed by atoms with Crippen LogP contribution >= 0.6 is 0 Å². The number of rotatable bonds is 5. The molecule has 11 rings (SSSR count). The maximum atomic E-state index is 6.30. The van der Waals surface area contributed by atoms with Gasteiger partial charge in [0.05, 0.1) is 22.9 Å². The number of para-hydroxylation sites is 2. The minimum absolute atomic E-state index is 0.878. The van der Waals surface area contributed by atoms with E-state index < -0.39 is 0 Å². The van der Waals surface area contributed by atoms with Gasteiger partial charge in [-0.3, -0.25) is 4.98 Å². The standard InChI is InChI=1S/C52H34N2O/c1-3-11-45-42(8-1)43-9-2-4-12-46(43)51-50(45)53-32-48(54-51)40-30-26-38(27-31-40)36-22-18-34(19-23-36)33-16-20-35(21-17-33)37-24-28-39(29-25-37)41-13-7-14-47-44-10-5-6-15-49(44)55-52(41)47/h1-16,18-20,22-32H,17,21H2. The SMILES string of the molecule is C1=C(c2ccc(-c3ccc(-c4cnc5c6ccccc6c6ccccc6c5n4)cc3)cc2)CCC(c2ccc(-c3cccc4c3oc3ccccc34)cc2)=C1. The third kappa shape index (κ3) is 5.35. The first kappa shape index (κ1) is 31.4. The molecule has 0 aliphatic heterocycles. The minimum atomic E-state index is 0.878. The van der Waals surface area contributed by atoms with Crippen molar-refractivity contribution in [1.29, 1.82) is 0 Å². The quantitative estimate of drug-likeness (QED) is 0.168. The van der Waals surface area contributed by atoms with Crippen LogP contribution in [-0.4, -0.2) is 9.97 Å². The van der Waals surface area contributed by atoms with E-state index in [0.29, 0.717) is 0 Å². The molecule has 8 aromatic carbocycles. The lowest BCUT2D eigenvalue weighted by Crippen LogP contribution is -1.94. The molecule has 0 unspecified atom stereocenters. The summed E-state index contributed by atoms with van der Waals surface area (Å²) in [5.41, 5.74) is 15.6. The summed E-state index contributed by atoms with van der Waals surface area (Å²) < 4.78 is 6.30. The van der Waals surface area contributed by atoms with Gasteiger partial charge in [0.25, 0.3) is 0 Å². The lowest BCUT2D eigenvalue weighted by Gasteiger charge is -2.16. The zero-order valence-electron chi connectivity index (χ0n) is 30.0. The summed E-state index contributed by atoms with van der Waals surface area (Å²) in [4.78, 5) is 10.1. The molecule has 3 nitrogen and oxygen atoms in total. The molecule has 0 bridgehead atoms. The van der Waals surface area contributed by atoms with Crippen LogP contribution in [0.5, 0.6) is 0 Å². The molecule has 0 N–H and O–H groups in total. The molecule has 0 spiro atoms. The Morgan fingerprint density at radius 3 is 1.49 bits per heavy atom. The Bertz CT molecular complexity index is 3130. The predicted molar refractivity (Wildman–Crippen MR) is 230 cm³/mol. The molecule has 3 heteroatoms. The van der Waals surface area contributed by atoms with Crippen molar-refractivity contribution in [3.8, 4) is 33.5 Å².